The lowest BCUT2D eigenvalue weighted by Crippen LogP contribution is -2.60. The molecule has 0 radical (unpaired) electrons. The molecule has 0 saturated carbocycles. The monoisotopic (exact) mass is 314 g/mol. The third-order valence-corrected chi connectivity index (χ3v) is 7.13. The average Bonchev–Trinajstić information content (AvgIpc) is 2.83. The summed E-state index contributed by atoms with van der Waals surface area (Å²) in [5, 5.41) is 0. The third kappa shape index (κ3) is 2.47. The minimum absolute atomic E-state index is 0.0646. The van der Waals surface area contributed by atoms with Crippen LogP contribution in [0.25, 0.3) is 0 Å². The van der Waals surface area contributed by atoms with Gasteiger partial charge in [-0.2, -0.15) is 4.31 Å². The van der Waals surface area contributed by atoms with Gasteiger partial charge in [0, 0.05) is 42.6 Å². The SMILES string of the molecule is CCOC1CSC2(C1)CN(S(=O)(=O)c1cccnc1)C2. The van der Waals surface area contributed by atoms with Gasteiger partial charge in [-0.25, -0.2) is 8.42 Å². The van der Waals surface area contributed by atoms with Gasteiger partial charge in [0.25, 0.3) is 0 Å². The van der Waals surface area contributed by atoms with Crippen LogP contribution in [-0.4, -0.2) is 54.0 Å². The number of thioether (sulfide) groups is 1. The van der Waals surface area contributed by atoms with Crippen LogP contribution in [0.4, 0.5) is 0 Å². The van der Waals surface area contributed by atoms with E-state index < -0.39 is 10.0 Å². The lowest BCUT2D eigenvalue weighted by atomic mass is 9.95. The van der Waals surface area contributed by atoms with Gasteiger partial charge in [0.15, 0.2) is 0 Å². The number of nitrogens with zero attached hydrogens (tertiary/aromatic N) is 2. The molecule has 7 heteroatoms. The Morgan fingerprint density at radius 2 is 2.35 bits per heavy atom. The van der Waals surface area contributed by atoms with E-state index in [-0.39, 0.29) is 15.7 Å². The van der Waals surface area contributed by atoms with Crippen LogP contribution in [0.15, 0.2) is 29.4 Å². The maximum Gasteiger partial charge on any atom is 0.244 e. The van der Waals surface area contributed by atoms with Crippen LogP contribution in [0.5, 0.6) is 0 Å². The zero-order chi connectivity index (χ0) is 14.2. The largest absolute Gasteiger partial charge is 0.378 e. The molecule has 3 heterocycles. The molecule has 1 aromatic heterocycles. The molecule has 3 rings (SSSR count). The van der Waals surface area contributed by atoms with Crippen LogP contribution in [0, 0.1) is 0 Å². The minimum atomic E-state index is -3.38. The van der Waals surface area contributed by atoms with Crippen LogP contribution in [0.2, 0.25) is 0 Å². The fourth-order valence-electron chi connectivity index (χ4n) is 2.78. The summed E-state index contributed by atoms with van der Waals surface area (Å²) in [6, 6.07) is 3.25. The Labute approximate surface area is 123 Å². The molecule has 1 aromatic rings. The van der Waals surface area contributed by atoms with Gasteiger partial charge in [0.05, 0.1) is 6.10 Å². The molecule has 2 saturated heterocycles. The zero-order valence-electron chi connectivity index (χ0n) is 11.4. The van der Waals surface area contributed by atoms with E-state index in [1.165, 1.54) is 6.20 Å². The first-order valence-electron chi connectivity index (χ1n) is 6.71. The highest BCUT2D eigenvalue weighted by Gasteiger charge is 2.53. The maximum atomic E-state index is 12.4. The second-order valence-corrected chi connectivity index (χ2v) is 8.66. The fraction of sp³-hybridized carbons (Fsp3) is 0.615. The van der Waals surface area contributed by atoms with Crippen LogP contribution in [0.1, 0.15) is 13.3 Å². The van der Waals surface area contributed by atoms with E-state index in [1.807, 2.05) is 18.7 Å². The molecule has 0 N–H and O–H groups in total. The van der Waals surface area contributed by atoms with Crippen molar-refractivity contribution >= 4 is 21.8 Å². The Morgan fingerprint density at radius 1 is 1.55 bits per heavy atom. The molecule has 2 aliphatic heterocycles. The van der Waals surface area contributed by atoms with Gasteiger partial charge in [-0.1, -0.05) is 0 Å². The van der Waals surface area contributed by atoms with Gasteiger partial charge in [-0.3, -0.25) is 4.98 Å². The number of sulfonamides is 1. The molecule has 5 nitrogen and oxygen atoms in total. The van der Waals surface area contributed by atoms with E-state index in [4.69, 9.17) is 4.74 Å². The second kappa shape index (κ2) is 5.29. The van der Waals surface area contributed by atoms with E-state index in [0.29, 0.717) is 13.1 Å². The van der Waals surface area contributed by atoms with Gasteiger partial charge >= 0.3 is 0 Å². The number of ether oxygens (including phenoxy) is 1. The van der Waals surface area contributed by atoms with Gasteiger partial charge in [-0.15, -0.1) is 11.8 Å². The summed E-state index contributed by atoms with van der Waals surface area (Å²) in [6.07, 6.45) is 4.21. The van der Waals surface area contributed by atoms with Gasteiger partial charge in [-0.05, 0) is 25.5 Å². The topological polar surface area (TPSA) is 59.5 Å². The molecular weight excluding hydrogens is 296 g/mol. The predicted molar refractivity (Wildman–Crippen MR) is 78.2 cm³/mol. The van der Waals surface area contributed by atoms with Gasteiger partial charge < -0.3 is 4.74 Å². The molecule has 110 valence electrons. The summed E-state index contributed by atoms with van der Waals surface area (Å²) in [7, 11) is -3.38. The highest BCUT2D eigenvalue weighted by atomic mass is 32.2. The quantitative estimate of drug-likeness (QED) is 0.840. The normalized spacial score (nSPS) is 25.8. The molecule has 0 aliphatic carbocycles. The summed E-state index contributed by atoms with van der Waals surface area (Å²) in [5.74, 6) is 0.967. The number of pyridine rings is 1. The highest BCUT2D eigenvalue weighted by Crippen LogP contribution is 2.47. The lowest BCUT2D eigenvalue weighted by molar-refractivity contribution is 0.0598. The molecule has 0 aromatic carbocycles. The van der Waals surface area contributed by atoms with Crippen molar-refractivity contribution in [3.8, 4) is 0 Å². The van der Waals surface area contributed by atoms with Crippen molar-refractivity contribution in [3.05, 3.63) is 24.5 Å². The van der Waals surface area contributed by atoms with E-state index in [1.54, 1.807) is 22.6 Å². The van der Waals surface area contributed by atoms with Crippen LogP contribution in [-0.2, 0) is 14.8 Å². The van der Waals surface area contributed by atoms with Gasteiger partial charge in [0.1, 0.15) is 4.90 Å². The molecular formula is C13H18N2O3S2. The molecule has 1 unspecified atom stereocenters. The Balaban J connectivity index is 1.66. The zero-order valence-corrected chi connectivity index (χ0v) is 13.0. The summed E-state index contributed by atoms with van der Waals surface area (Å²) >= 11 is 1.85. The Kier molecular flexibility index (Phi) is 3.79. The predicted octanol–water partition coefficient (Wildman–Crippen LogP) is 1.37. The average molecular weight is 314 g/mol. The third-order valence-electron chi connectivity index (χ3n) is 3.78. The van der Waals surface area contributed by atoms with Crippen molar-refractivity contribution < 1.29 is 13.2 Å². The van der Waals surface area contributed by atoms with E-state index >= 15 is 0 Å². The van der Waals surface area contributed by atoms with Gasteiger partial charge in [0.2, 0.25) is 10.0 Å². The van der Waals surface area contributed by atoms with Crippen LogP contribution < -0.4 is 0 Å². The fourth-order valence-corrected chi connectivity index (χ4v) is 6.07. The Bertz CT molecular complexity index is 571. The van der Waals surface area contributed by atoms with Crippen molar-refractivity contribution in [3.63, 3.8) is 0 Å². The van der Waals surface area contributed by atoms with Crippen molar-refractivity contribution in [2.24, 2.45) is 0 Å². The smallest absolute Gasteiger partial charge is 0.244 e. The highest BCUT2D eigenvalue weighted by molar-refractivity contribution is 8.01. The Hall–Kier alpha value is -0.630. The first-order chi connectivity index (χ1) is 9.56. The minimum Gasteiger partial charge on any atom is -0.378 e. The van der Waals surface area contributed by atoms with Crippen LogP contribution >= 0.6 is 11.8 Å². The van der Waals surface area contributed by atoms with Crippen molar-refractivity contribution in [1.29, 1.82) is 0 Å². The van der Waals surface area contributed by atoms with Crippen molar-refractivity contribution in [1.82, 2.24) is 9.29 Å². The maximum absolute atomic E-state index is 12.4. The van der Waals surface area contributed by atoms with E-state index in [2.05, 4.69) is 4.98 Å². The standard InChI is InChI=1S/C13H18N2O3S2/c1-2-18-11-6-13(19-8-11)9-15(10-13)20(16,17)12-4-3-5-14-7-12/h3-5,7,11H,2,6,8-10H2,1H3. The lowest BCUT2D eigenvalue weighted by Gasteiger charge is -2.46. The number of rotatable bonds is 4. The Morgan fingerprint density at radius 3 is 3.00 bits per heavy atom. The number of aromatic nitrogens is 1. The molecule has 1 atom stereocenters. The summed E-state index contributed by atoms with van der Waals surface area (Å²) in [5.41, 5.74) is 0. The summed E-state index contributed by atoms with van der Waals surface area (Å²) in [4.78, 5) is 4.16. The van der Waals surface area contributed by atoms with Crippen molar-refractivity contribution in [2.45, 2.75) is 29.1 Å². The number of hydrogen-bond donors (Lipinski definition) is 0. The molecule has 2 fully saturated rings. The molecule has 1 spiro atoms. The first kappa shape index (κ1) is 14.3. The van der Waals surface area contributed by atoms with Crippen molar-refractivity contribution in [2.75, 3.05) is 25.4 Å². The second-order valence-electron chi connectivity index (χ2n) is 5.24. The summed E-state index contributed by atoms with van der Waals surface area (Å²) in [6.45, 7) is 3.88. The first-order valence-corrected chi connectivity index (χ1v) is 9.14. The van der Waals surface area contributed by atoms with E-state index in [9.17, 15) is 8.42 Å². The molecule has 20 heavy (non-hydrogen) atoms. The molecule has 0 amide bonds. The summed E-state index contributed by atoms with van der Waals surface area (Å²) < 4.78 is 32.1. The van der Waals surface area contributed by atoms with Crippen LogP contribution in [0.3, 0.4) is 0 Å². The number of hydrogen-bond acceptors (Lipinski definition) is 5. The van der Waals surface area contributed by atoms with E-state index in [0.717, 1.165) is 18.8 Å². The molecule has 2 aliphatic rings. The molecule has 0 bridgehead atoms.